The van der Waals surface area contributed by atoms with Crippen LogP contribution in [0, 0.1) is 11.7 Å². The Balaban J connectivity index is 1.12. The van der Waals surface area contributed by atoms with E-state index in [1.165, 1.54) is 46.1 Å². The first-order chi connectivity index (χ1) is 17.1. The highest BCUT2D eigenvalue weighted by molar-refractivity contribution is 7.99. The third kappa shape index (κ3) is 4.50. The smallest absolute Gasteiger partial charge is 0.166 e. The summed E-state index contributed by atoms with van der Waals surface area (Å²) < 4.78 is 13.3. The van der Waals surface area contributed by atoms with Crippen molar-refractivity contribution in [2.24, 2.45) is 5.92 Å². The van der Waals surface area contributed by atoms with Crippen molar-refractivity contribution in [3.8, 4) is 0 Å². The zero-order valence-corrected chi connectivity index (χ0v) is 21.1. The number of carbonyl (C=O) groups excluding carboxylic acids is 1. The predicted molar refractivity (Wildman–Crippen MR) is 141 cm³/mol. The third-order valence-electron chi connectivity index (χ3n) is 7.77. The summed E-state index contributed by atoms with van der Waals surface area (Å²) in [5.74, 6) is -0.0667. The molecule has 3 aliphatic heterocycles. The van der Waals surface area contributed by atoms with Gasteiger partial charge in [0, 0.05) is 51.5 Å². The Morgan fingerprint density at radius 3 is 2.40 bits per heavy atom. The van der Waals surface area contributed by atoms with Crippen molar-refractivity contribution in [2.45, 2.75) is 54.0 Å². The summed E-state index contributed by atoms with van der Waals surface area (Å²) in [7, 11) is 0. The van der Waals surface area contributed by atoms with Gasteiger partial charge in [-0.3, -0.25) is 9.69 Å². The number of rotatable bonds is 6. The fraction of sp³-hybridized carbons (Fsp3) is 0.345. The van der Waals surface area contributed by atoms with Gasteiger partial charge in [0.2, 0.25) is 0 Å². The van der Waals surface area contributed by atoms with Crippen LogP contribution >= 0.6 is 23.4 Å². The molecule has 3 heterocycles. The summed E-state index contributed by atoms with van der Waals surface area (Å²) in [6.07, 6.45) is 5.20. The molecule has 3 aliphatic rings. The monoisotopic (exact) mass is 506 g/mol. The molecule has 3 nitrogen and oxygen atoms in total. The molecule has 180 valence electrons. The van der Waals surface area contributed by atoms with Crippen LogP contribution in [-0.2, 0) is 0 Å². The summed E-state index contributed by atoms with van der Waals surface area (Å²) in [6, 6.07) is 21.7. The van der Waals surface area contributed by atoms with Crippen molar-refractivity contribution < 1.29 is 9.18 Å². The van der Waals surface area contributed by atoms with Crippen LogP contribution in [0.5, 0.6) is 0 Å². The Morgan fingerprint density at radius 2 is 1.63 bits per heavy atom. The second-order valence-corrected chi connectivity index (χ2v) is 11.4. The molecule has 6 rings (SSSR count). The topological polar surface area (TPSA) is 23.6 Å². The van der Waals surface area contributed by atoms with Gasteiger partial charge in [0.25, 0.3) is 0 Å². The first kappa shape index (κ1) is 23.1. The summed E-state index contributed by atoms with van der Waals surface area (Å²) in [6.45, 7) is 1.97. The molecule has 2 fully saturated rings. The average Bonchev–Trinajstić information content (AvgIpc) is 3.10. The van der Waals surface area contributed by atoms with Crippen LogP contribution in [-0.4, -0.2) is 35.9 Å². The van der Waals surface area contributed by atoms with E-state index in [1.807, 2.05) is 6.07 Å². The van der Waals surface area contributed by atoms with E-state index < -0.39 is 0 Å². The minimum Gasteiger partial charge on any atom is -0.340 e. The second-order valence-electron chi connectivity index (χ2n) is 9.85. The van der Waals surface area contributed by atoms with Crippen molar-refractivity contribution in [2.75, 3.05) is 18.0 Å². The van der Waals surface area contributed by atoms with Crippen molar-refractivity contribution in [1.82, 2.24) is 4.90 Å². The number of anilines is 2. The summed E-state index contributed by atoms with van der Waals surface area (Å²) >= 11 is 8.18. The lowest BCUT2D eigenvalue weighted by molar-refractivity contribution is 0.0700. The lowest BCUT2D eigenvalue weighted by Crippen LogP contribution is -2.45. The SMILES string of the molecule is O=C(c1ccc(F)cc1)C1CC2CCC(C1)N2CCCN1c2ccccc2Sc2ccc(Cl)cc21. The quantitative estimate of drug-likeness (QED) is 0.321. The highest BCUT2D eigenvalue weighted by atomic mass is 35.5. The van der Waals surface area contributed by atoms with Gasteiger partial charge in [-0.1, -0.05) is 35.5 Å². The molecule has 3 aromatic rings. The molecule has 2 unspecified atom stereocenters. The van der Waals surface area contributed by atoms with Crippen LogP contribution in [0.4, 0.5) is 15.8 Å². The number of piperidine rings is 1. The molecule has 2 bridgehead atoms. The van der Waals surface area contributed by atoms with Crippen LogP contribution in [0.25, 0.3) is 0 Å². The molecule has 0 N–H and O–H groups in total. The number of benzene rings is 3. The Morgan fingerprint density at radius 1 is 0.914 bits per heavy atom. The third-order valence-corrected chi connectivity index (χ3v) is 9.14. The Bertz CT molecular complexity index is 1240. The number of para-hydroxylation sites is 1. The van der Waals surface area contributed by atoms with Gasteiger partial charge in [-0.2, -0.15) is 0 Å². The molecular weight excluding hydrogens is 479 g/mol. The van der Waals surface area contributed by atoms with Gasteiger partial charge in [-0.25, -0.2) is 4.39 Å². The summed E-state index contributed by atoms with van der Waals surface area (Å²) in [4.78, 5) is 20.6. The first-order valence-corrected chi connectivity index (χ1v) is 13.7. The van der Waals surface area contributed by atoms with Crippen molar-refractivity contribution in [3.05, 3.63) is 83.1 Å². The average molecular weight is 507 g/mol. The van der Waals surface area contributed by atoms with Crippen LogP contribution < -0.4 is 4.90 Å². The molecule has 0 aliphatic carbocycles. The highest BCUT2D eigenvalue weighted by Crippen LogP contribution is 2.49. The Hall–Kier alpha value is -2.34. The van der Waals surface area contributed by atoms with Crippen LogP contribution in [0.3, 0.4) is 0 Å². The van der Waals surface area contributed by atoms with Gasteiger partial charge in [-0.15, -0.1) is 0 Å². The number of nitrogens with zero attached hydrogens (tertiary/aromatic N) is 2. The molecule has 6 heteroatoms. The minimum absolute atomic E-state index is 0.0502. The molecule has 0 aromatic heterocycles. The molecule has 0 saturated carbocycles. The molecule has 0 spiro atoms. The van der Waals surface area contributed by atoms with E-state index in [2.05, 4.69) is 46.2 Å². The fourth-order valence-electron chi connectivity index (χ4n) is 6.16. The highest BCUT2D eigenvalue weighted by Gasteiger charge is 2.42. The molecular formula is C29H28ClFN2OS. The maximum Gasteiger partial charge on any atom is 0.166 e. The van der Waals surface area contributed by atoms with E-state index in [0.29, 0.717) is 17.6 Å². The van der Waals surface area contributed by atoms with E-state index in [9.17, 15) is 9.18 Å². The minimum atomic E-state index is -0.295. The zero-order valence-electron chi connectivity index (χ0n) is 19.5. The van der Waals surface area contributed by atoms with Crippen LogP contribution in [0.1, 0.15) is 42.5 Å². The van der Waals surface area contributed by atoms with E-state index >= 15 is 0 Å². The largest absolute Gasteiger partial charge is 0.340 e. The van der Waals surface area contributed by atoms with Crippen molar-refractivity contribution >= 4 is 40.5 Å². The Kier molecular flexibility index (Phi) is 6.34. The molecule has 0 radical (unpaired) electrons. The number of halogens is 2. The molecule has 2 saturated heterocycles. The van der Waals surface area contributed by atoms with Gasteiger partial charge in [0.15, 0.2) is 5.78 Å². The maximum absolute atomic E-state index is 13.3. The number of Topliss-reactive ketones (excluding diaryl/α,β-unsaturated/α-hetero) is 1. The van der Waals surface area contributed by atoms with E-state index in [-0.39, 0.29) is 17.5 Å². The first-order valence-electron chi connectivity index (χ1n) is 12.5. The number of hydrogen-bond donors (Lipinski definition) is 0. The standard InChI is InChI=1S/C29H28ClFN2OS/c30-21-8-13-28-26(18-21)33(25-4-1-2-5-27(25)35-28)15-3-14-32-23-11-12-24(32)17-20(16-23)29(34)19-6-9-22(31)10-7-19/h1-2,4-10,13,18,20,23-24H,3,11-12,14-17H2. The van der Waals surface area contributed by atoms with E-state index in [1.54, 1.807) is 23.9 Å². The Labute approximate surface area is 215 Å². The zero-order chi connectivity index (χ0) is 23.9. The van der Waals surface area contributed by atoms with Gasteiger partial charge < -0.3 is 4.90 Å². The fourth-order valence-corrected chi connectivity index (χ4v) is 7.40. The van der Waals surface area contributed by atoms with Crippen molar-refractivity contribution in [1.29, 1.82) is 0 Å². The van der Waals surface area contributed by atoms with E-state index in [0.717, 1.165) is 37.4 Å². The van der Waals surface area contributed by atoms with Crippen molar-refractivity contribution in [3.63, 3.8) is 0 Å². The molecule has 3 aromatic carbocycles. The maximum atomic E-state index is 13.3. The molecule has 0 amide bonds. The van der Waals surface area contributed by atoms with Gasteiger partial charge in [-0.05, 0) is 86.7 Å². The lowest BCUT2D eigenvalue weighted by atomic mass is 9.84. The predicted octanol–water partition coefficient (Wildman–Crippen LogP) is 7.60. The molecule has 35 heavy (non-hydrogen) atoms. The summed E-state index contributed by atoms with van der Waals surface area (Å²) in [5.41, 5.74) is 3.08. The van der Waals surface area contributed by atoms with E-state index in [4.69, 9.17) is 11.6 Å². The number of ketones is 1. The van der Waals surface area contributed by atoms with Gasteiger partial charge in [0.05, 0.1) is 11.4 Å². The van der Waals surface area contributed by atoms with Crippen LogP contribution in [0.2, 0.25) is 5.02 Å². The number of hydrogen-bond acceptors (Lipinski definition) is 4. The summed E-state index contributed by atoms with van der Waals surface area (Å²) in [5, 5.41) is 0.764. The van der Waals surface area contributed by atoms with Crippen LogP contribution in [0.15, 0.2) is 76.5 Å². The second kappa shape index (κ2) is 9.61. The van der Waals surface area contributed by atoms with Gasteiger partial charge in [0.1, 0.15) is 5.82 Å². The lowest BCUT2D eigenvalue weighted by Gasteiger charge is -2.39. The normalized spacial score (nSPS) is 23.1. The molecule has 2 atom stereocenters. The van der Waals surface area contributed by atoms with Gasteiger partial charge >= 0.3 is 0 Å². The number of fused-ring (bicyclic) bond motifs is 4. The number of carbonyl (C=O) groups is 1.